The average molecular weight is 260 g/mol. The first kappa shape index (κ1) is 12.5. The normalized spacial score (nSPS) is 29.3. The highest BCUT2D eigenvalue weighted by Crippen LogP contribution is 2.33. The van der Waals surface area contributed by atoms with Crippen LogP contribution < -0.4 is 4.90 Å². The Labute approximate surface area is 113 Å². The molecule has 0 radical (unpaired) electrons. The van der Waals surface area contributed by atoms with Gasteiger partial charge in [-0.25, -0.2) is 0 Å². The van der Waals surface area contributed by atoms with Crippen LogP contribution in [0.3, 0.4) is 0 Å². The van der Waals surface area contributed by atoms with Gasteiger partial charge < -0.3 is 15.2 Å². The van der Waals surface area contributed by atoms with Gasteiger partial charge in [-0.2, -0.15) is 0 Å². The lowest BCUT2D eigenvalue weighted by molar-refractivity contribution is 0.161. The first-order valence-corrected chi connectivity index (χ1v) is 7.06. The fourth-order valence-electron chi connectivity index (χ4n) is 3.37. The van der Waals surface area contributed by atoms with Gasteiger partial charge in [-0.15, -0.1) is 0 Å². The molecule has 3 rings (SSSR count). The number of benzene rings is 1. The van der Waals surface area contributed by atoms with Crippen LogP contribution in [0.25, 0.3) is 0 Å². The van der Waals surface area contributed by atoms with Crippen LogP contribution in [0.2, 0.25) is 0 Å². The lowest BCUT2D eigenvalue weighted by Gasteiger charge is -2.33. The van der Waals surface area contributed by atoms with Crippen LogP contribution in [0.5, 0.6) is 0 Å². The van der Waals surface area contributed by atoms with E-state index in [2.05, 4.69) is 16.1 Å². The number of hydrogen-bond acceptors (Lipinski definition) is 4. The largest absolute Gasteiger partial charge is 0.411 e. The maximum absolute atomic E-state index is 10.2. The first-order chi connectivity index (χ1) is 9.31. The summed E-state index contributed by atoms with van der Waals surface area (Å²) >= 11 is 0. The highest BCUT2D eigenvalue weighted by atomic mass is 16.4. The van der Waals surface area contributed by atoms with Gasteiger partial charge in [-0.3, -0.25) is 0 Å². The summed E-state index contributed by atoms with van der Waals surface area (Å²) in [5.41, 5.74) is 2.85. The molecule has 1 aliphatic heterocycles. The number of hydrogen-bond donors (Lipinski definition) is 2. The molecule has 0 saturated heterocycles. The molecular weight excluding hydrogens is 240 g/mol. The van der Waals surface area contributed by atoms with Crippen LogP contribution in [0, 0.1) is 0 Å². The average Bonchev–Trinajstić information content (AvgIpc) is 2.77. The number of anilines is 1. The van der Waals surface area contributed by atoms with Crippen LogP contribution >= 0.6 is 0 Å². The molecule has 0 spiro atoms. The number of oxime groups is 1. The van der Waals surface area contributed by atoms with Gasteiger partial charge in [0.2, 0.25) is 0 Å². The summed E-state index contributed by atoms with van der Waals surface area (Å²) in [6, 6.07) is 8.26. The highest BCUT2D eigenvalue weighted by molar-refractivity contribution is 6.05. The van der Waals surface area contributed by atoms with Crippen LogP contribution in [0.15, 0.2) is 29.4 Å². The van der Waals surface area contributed by atoms with Crippen molar-refractivity contribution in [3.8, 4) is 0 Å². The molecule has 0 amide bonds. The minimum Gasteiger partial charge on any atom is -0.411 e. The fourth-order valence-corrected chi connectivity index (χ4v) is 3.37. The van der Waals surface area contributed by atoms with Gasteiger partial charge in [0.1, 0.15) is 0 Å². The van der Waals surface area contributed by atoms with Crippen molar-refractivity contribution >= 4 is 11.4 Å². The molecule has 19 heavy (non-hydrogen) atoms. The predicted octanol–water partition coefficient (Wildman–Crippen LogP) is 2.38. The Bertz CT molecular complexity index is 487. The number of rotatable bonds is 1. The third-order valence-electron chi connectivity index (χ3n) is 4.30. The Morgan fingerprint density at radius 1 is 1.16 bits per heavy atom. The van der Waals surface area contributed by atoms with Gasteiger partial charge in [0.15, 0.2) is 0 Å². The summed E-state index contributed by atoms with van der Waals surface area (Å²) in [4.78, 5) is 2.31. The van der Waals surface area contributed by atoms with Gasteiger partial charge in [0.05, 0.1) is 17.9 Å². The molecule has 1 heterocycles. The molecule has 0 bridgehead atoms. The summed E-state index contributed by atoms with van der Waals surface area (Å²) in [6.07, 6.45) is 4.53. The van der Waals surface area contributed by atoms with E-state index in [1.165, 1.54) is 0 Å². The van der Waals surface area contributed by atoms with E-state index in [0.717, 1.165) is 55.6 Å². The zero-order valence-corrected chi connectivity index (χ0v) is 11.0. The number of nitrogens with zero attached hydrogens (tertiary/aromatic N) is 2. The van der Waals surface area contributed by atoms with E-state index in [4.69, 9.17) is 0 Å². The molecule has 2 aliphatic rings. The highest BCUT2D eigenvalue weighted by Gasteiger charge is 2.33. The van der Waals surface area contributed by atoms with Crippen LogP contribution in [-0.4, -0.2) is 34.7 Å². The smallest absolute Gasteiger partial charge is 0.0889 e. The number of aliphatic hydroxyl groups is 1. The molecular formula is C15H20N2O2. The Morgan fingerprint density at radius 3 is 2.74 bits per heavy atom. The number of para-hydroxylation sites is 1. The van der Waals surface area contributed by atoms with Gasteiger partial charge in [-0.1, -0.05) is 23.4 Å². The molecule has 1 saturated carbocycles. The van der Waals surface area contributed by atoms with Gasteiger partial charge in [0.25, 0.3) is 0 Å². The number of aliphatic hydroxyl groups excluding tert-OH is 1. The first-order valence-electron chi connectivity index (χ1n) is 7.06. The summed E-state index contributed by atoms with van der Waals surface area (Å²) in [5.74, 6) is 0. The van der Waals surface area contributed by atoms with Crippen molar-refractivity contribution in [3.63, 3.8) is 0 Å². The van der Waals surface area contributed by atoms with E-state index in [0.29, 0.717) is 0 Å². The molecule has 0 aromatic heterocycles. The van der Waals surface area contributed by atoms with E-state index in [9.17, 15) is 10.3 Å². The molecule has 2 N–H and O–H groups in total. The van der Waals surface area contributed by atoms with E-state index in [-0.39, 0.29) is 12.1 Å². The van der Waals surface area contributed by atoms with Crippen molar-refractivity contribution in [2.75, 3.05) is 11.4 Å². The lowest BCUT2D eigenvalue weighted by Crippen LogP contribution is -2.41. The van der Waals surface area contributed by atoms with Crippen molar-refractivity contribution in [3.05, 3.63) is 29.8 Å². The second-order valence-electron chi connectivity index (χ2n) is 5.43. The third kappa shape index (κ3) is 2.21. The molecule has 1 aromatic carbocycles. The molecule has 1 aliphatic carbocycles. The van der Waals surface area contributed by atoms with Crippen molar-refractivity contribution in [2.24, 2.45) is 5.16 Å². The van der Waals surface area contributed by atoms with Crippen LogP contribution in [-0.2, 0) is 0 Å². The van der Waals surface area contributed by atoms with Crippen molar-refractivity contribution < 1.29 is 10.3 Å². The van der Waals surface area contributed by atoms with Gasteiger partial charge in [0, 0.05) is 17.8 Å². The van der Waals surface area contributed by atoms with E-state index >= 15 is 0 Å². The van der Waals surface area contributed by atoms with Gasteiger partial charge in [-0.05, 0) is 38.2 Å². The number of fused-ring (bicyclic) bond motifs is 1. The molecule has 2 unspecified atom stereocenters. The third-order valence-corrected chi connectivity index (χ3v) is 4.30. The second kappa shape index (κ2) is 5.21. The maximum atomic E-state index is 10.2. The second-order valence-corrected chi connectivity index (χ2v) is 5.43. The Morgan fingerprint density at radius 2 is 2.00 bits per heavy atom. The van der Waals surface area contributed by atoms with E-state index < -0.39 is 0 Å². The van der Waals surface area contributed by atoms with E-state index in [1.54, 1.807) is 0 Å². The monoisotopic (exact) mass is 260 g/mol. The SMILES string of the molecule is O/N=C1/CCCN(C2CCCC2O)c2ccccc21. The zero-order valence-electron chi connectivity index (χ0n) is 11.0. The standard InChI is InChI=1S/C15H20N2O2/c18-15-9-3-8-14(15)17-10-4-6-12(16-19)11-5-1-2-7-13(11)17/h1-2,5,7,14-15,18-19H,3-4,6,8-10H2/b16-12-. The summed E-state index contributed by atoms with van der Waals surface area (Å²) in [6.45, 7) is 0.914. The van der Waals surface area contributed by atoms with Crippen molar-refractivity contribution in [1.82, 2.24) is 0 Å². The zero-order chi connectivity index (χ0) is 13.2. The minimum atomic E-state index is -0.235. The quantitative estimate of drug-likeness (QED) is 0.602. The molecule has 102 valence electrons. The molecule has 1 fully saturated rings. The summed E-state index contributed by atoms with van der Waals surface area (Å²) in [7, 11) is 0. The van der Waals surface area contributed by atoms with Crippen molar-refractivity contribution in [1.29, 1.82) is 0 Å². The predicted molar refractivity (Wildman–Crippen MR) is 75.0 cm³/mol. The van der Waals surface area contributed by atoms with Gasteiger partial charge >= 0.3 is 0 Å². The topological polar surface area (TPSA) is 56.1 Å². The van der Waals surface area contributed by atoms with E-state index in [1.807, 2.05) is 18.2 Å². The van der Waals surface area contributed by atoms with Crippen LogP contribution in [0.1, 0.15) is 37.7 Å². The Balaban J connectivity index is 2.01. The summed E-state index contributed by atoms with van der Waals surface area (Å²) in [5, 5.41) is 22.8. The lowest BCUT2D eigenvalue weighted by atomic mass is 10.0. The van der Waals surface area contributed by atoms with Crippen molar-refractivity contribution in [2.45, 2.75) is 44.2 Å². The summed E-state index contributed by atoms with van der Waals surface area (Å²) < 4.78 is 0. The minimum absolute atomic E-state index is 0.208. The van der Waals surface area contributed by atoms with Crippen LogP contribution in [0.4, 0.5) is 5.69 Å². The molecule has 4 heteroatoms. The molecule has 4 nitrogen and oxygen atoms in total. The molecule has 1 aromatic rings. The Hall–Kier alpha value is -1.55. The maximum Gasteiger partial charge on any atom is 0.0889 e. The fraction of sp³-hybridized carbons (Fsp3) is 0.533. The Kier molecular flexibility index (Phi) is 3.42. The molecule has 2 atom stereocenters.